The van der Waals surface area contributed by atoms with Crippen molar-refractivity contribution in [2.45, 2.75) is 57.5 Å². The molecular formula is C31H29ClN2O12S. The van der Waals surface area contributed by atoms with E-state index in [-0.39, 0.29) is 17.7 Å². The van der Waals surface area contributed by atoms with E-state index >= 15 is 0 Å². The van der Waals surface area contributed by atoms with Gasteiger partial charge in [-0.1, -0.05) is 29.4 Å². The molecule has 14 nitrogen and oxygen atoms in total. The van der Waals surface area contributed by atoms with Crippen molar-refractivity contribution < 1.29 is 57.1 Å². The van der Waals surface area contributed by atoms with Crippen LogP contribution < -0.4 is 14.4 Å². The monoisotopic (exact) mass is 688 g/mol. The summed E-state index contributed by atoms with van der Waals surface area (Å²) in [5, 5.41) is 0.535. The minimum Gasteiger partial charge on any atom is -0.463 e. The molecule has 1 amide bonds. The molecule has 0 unspecified atom stereocenters. The lowest BCUT2D eigenvalue weighted by atomic mass is 9.99. The summed E-state index contributed by atoms with van der Waals surface area (Å²) >= 11 is 7.00. The van der Waals surface area contributed by atoms with Crippen molar-refractivity contribution >= 4 is 70.1 Å². The number of benzene rings is 2. The van der Waals surface area contributed by atoms with Crippen LogP contribution in [0.4, 0.5) is 5.69 Å². The fourth-order valence-electron chi connectivity index (χ4n) is 4.94. The molecule has 3 aliphatic heterocycles. The predicted octanol–water partition coefficient (Wildman–Crippen LogP) is 3.63. The molecule has 3 aliphatic rings. The van der Waals surface area contributed by atoms with Gasteiger partial charge in [-0.3, -0.25) is 28.9 Å². The second-order valence-corrected chi connectivity index (χ2v) is 11.8. The summed E-state index contributed by atoms with van der Waals surface area (Å²) in [6.07, 6.45) is -3.71. The Labute approximate surface area is 277 Å². The molecule has 5 atom stereocenters. The third-order valence-electron chi connectivity index (χ3n) is 6.78. The molecule has 0 spiro atoms. The molecule has 0 radical (unpaired) electrons. The number of nitrogens with zero attached hydrogens (tertiary/aromatic N) is 2. The molecule has 47 heavy (non-hydrogen) atoms. The highest BCUT2D eigenvalue weighted by molar-refractivity contribution is 8.14. The van der Waals surface area contributed by atoms with Crippen LogP contribution in [0.25, 0.3) is 6.08 Å². The summed E-state index contributed by atoms with van der Waals surface area (Å²) in [7, 11) is 0. The number of amidine groups is 1. The SMILES string of the molecule is CC(=O)OC[C@H]1O[C@@H](SC2=N/C(=C\c3ccc4c(c3)OCO4)C(=O)N2c2ccc(Cl)cc2)[C@H](OC(C)=O)[C@@H](OC(C)=O)[C@@H]1OC(C)=O. The summed E-state index contributed by atoms with van der Waals surface area (Å²) in [4.78, 5) is 68.2. The Bertz CT molecular complexity index is 1650. The van der Waals surface area contributed by atoms with Crippen LogP contribution in [0.3, 0.4) is 0 Å². The van der Waals surface area contributed by atoms with Gasteiger partial charge in [-0.05, 0) is 48.0 Å². The second kappa shape index (κ2) is 14.4. The van der Waals surface area contributed by atoms with Crippen LogP contribution in [0.5, 0.6) is 11.5 Å². The zero-order valence-corrected chi connectivity index (χ0v) is 27.1. The Hall–Kier alpha value is -4.60. The highest BCUT2D eigenvalue weighted by Crippen LogP contribution is 2.39. The van der Waals surface area contributed by atoms with Crippen molar-refractivity contribution in [3.63, 3.8) is 0 Å². The van der Waals surface area contributed by atoms with Gasteiger partial charge in [-0.2, -0.15) is 0 Å². The normalized spacial score (nSPS) is 24.1. The molecule has 248 valence electrons. The molecule has 0 saturated carbocycles. The van der Waals surface area contributed by atoms with Gasteiger partial charge in [0.15, 0.2) is 40.4 Å². The zero-order valence-electron chi connectivity index (χ0n) is 25.5. The number of aliphatic imine (C=N–C) groups is 1. The molecule has 0 aromatic heterocycles. The highest BCUT2D eigenvalue weighted by atomic mass is 35.5. The molecule has 16 heteroatoms. The smallest absolute Gasteiger partial charge is 0.303 e. The van der Waals surface area contributed by atoms with E-state index in [1.165, 1.54) is 11.8 Å². The van der Waals surface area contributed by atoms with E-state index in [2.05, 4.69) is 4.99 Å². The van der Waals surface area contributed by atoms with Crippen LogP contribution in [0, 0.1) is 0 Å². The van der Waals surface area contributed by atoms with Crippen LogP contribution in [-0.2, 0) is 47.7 Å². The first-order chi connectivity index (χ1) is 22.4. The number of thioether (sulfide) groups is 1. The zero-order chi connectivity index (χ0) is 33.8. The van der Waals surface area contributed by atoms with Gasteiger partial charge in [0, 0.05) is 32.7 Å². The molecule has 1 fully saturated rings. The first kappa shape index (κ1) is 33.8. The number of halogens is 1. The largest absolute Gasteiger partial charge is 0.463 e. The van der Waals surface area contributed by atoms with Crippen molar-refractivity contribution in [1.82, 2.24) is 0 Å². The number of fused-ring (bicyclic) bond motifs is 1. The van der Waals surface area contributed by atoms with Crippen LogP contribution in [0.15, 0.2) is 53.2 Å². The first-order valence-corrected chi connectivity index (χ1v) is 15.4. The standard InChI is InChI=1S/C31H29ClN2O12S/c1-15(35)40-13-25-26(43-16(2)36)27(44-17(3)37)28(45-18(4)38)30(46-25)47-31-33-22(11-19-5-10-23-24(12-19)42-14-41-23)29(39)34(31)21-8-6-20(32)7-9-21/h5-12,25-28,30H,13-14H2,1-4H3/b22-11-/t25-,26-,27+,28-,30+/m1/s1. The average Bonchev–Trinajstić information content (AvgIpc) is 3.58. The summed E-state index contributed by atoms with van der Waals surface area (Å²) in [5.41, 5.74) is -0.157. The van der Waals surface area contributed by atoms with Gasteiger partial charge in [0.05, 0.1) is 5.69 Å². The number of hydrogen-bond acceptors (Lipinski definition) is 14. The van der Waals surface area contributed by atoms with Gasteiger partial charge in [-0.25, -0.2) is 4.99 Å². The number of anilines is 1. The van der Waals surface area contributed by atoms with Crippen LogP contribution >= 0.6 is 23.4 Å². The number of rotatable bonds is 8. The average molecular weight is 689 g/mol. The molecule has 5 rings (SSSR count). The van der Waals surface area contributed by atoms with E-state index in [0.717, 1.165) is 32.5 Å². The van der Waals surface area contributed by atoms with Gasteiger partial charge in [0.25, 0.3) is 5.91 Å². The van der Waals surface area contributed by atoms with Crippen molar-refractivity contribution in [3.8, 4) is 11.5 Å². The van der Waals surface area contributed by atoms with E-state index in [1.807, 2.05) is 0 Å². The maximum absolute atomic E-state index is 13.9. The lowest BCUT2D eigenvalue weighted by Crippen LogP contribution is -2.61. The van der Waals surface area contributed by atoms with E-state index in [9.17, 15) is 24.0 Å². The van der Waals surface area contributed by atoms with Crippen LogP contribution in [0.2, 0.25) is 5.02 Å². The first-order valence-electron chi connectivity index (χ1n) is 14.2. The fraction of sp³-hybridized carbons (Fsp3) is 0.355. The molecule has 0 bridgehead atoms. The molecule has 1 saturated heterocycles. The van der Waals surface area contributed by atoms with Gasteiger partial charge < -0.3 is 33.2 Å². The predicted molar refractivity (Wildman–Crippen MR) is 166 cm³/mol. The van der Waals surface area contributed by atoms with Crippen molar-refractivity contribution in [2.24, 2.45) is 4.99 Å². The molecule has 2 aromatic carbocycles. The Morgan fingerprint density at radius 2 is 1.53 bits per heavy atom. The van der Waals surface area contributed by atoms with Crippen molar-refractivity contribution in [1.29, 1.82) is 0 Å². The second-order valence-electron chi connectivity index (χ2n) is 10.3. The lowest BCUT2D eigenvalue weighted by molar-refractivity contribution is -0.237. The van der Waals surface area contributed by atoms with Crippen molar-refractivity contribution in [3.05, 3.63) is 58.7 Å². The van der Waals surface area contributed by atoms with Crippen LogP contribution in [0.1, 0.15) is 33.3 Å². The fourth-order valence-corrected chi connectivity index (χ4v) is 6.26. The van der Waals surface area contributed by atoms with Gasteiger partial charge >= 0.3 is 23.9 Å². The Morgan fingerprint density at radius 3 is 2.19 bits per heavy atom. The summed E-state index contributed by atoms with van der Waals surface area (Å²) in [6, 6.07) is 11.6. The maximum Gasteiger partial charge on any atom is 0.303 e. The third-order valence-corrected chi connectivity index (χ3v) is 8.13. The van der Waals surface area contributed by atoms with E-state index in [0.29, 0.717) is 27.8 Å². The molecular weight excluding hydrogens is 660 g/mol. The number of amides is 1. The van der Waals surface area contributed by atoms with Gasteiger partial charge in [0.1, 0.15) is 18.4 Å². The number of carbonyl (C=O) groups is 5. The topological polar surface area (TPSA) is 166 Å². The minimum absolute atomic E-state index is 0.0481. The number of ether oxygens (including phenoxy) is 7. The third kappa shape index (κ3) is 8.04. The summed E-state index contributed by atoms with van der Waals surface area (Å²) in [6.45, 7) is 4.25. The van der Waals surface area contributed by atoms with Gasteiger partial charge in [0.2, 0.25) is 6.79 Å². The quantitative estimate of drug-likeness (QED) is 0.224. The van der Waals surface area contributed by atoms with E-state index in [1.54, 1.807) is 48.5 Å². The number of hydrogen-bond donors (Lipinski definition) is 0. The molecule has 3 heterocycles. The number of esters is 4. The van der Waals surface area contributed by atoms with Crippen LogP contribution in [-0.4, -0.2) is 78.2 Å². The lowest BCUT2D eigenvalue weighted by Gasteiger charge is -2.44. The Kier molecular flexibility index (Phi) is 10.4. The molecule has 0 N–H and O–H groups in total. The molecule has 0 aliphatic carbocycles. The highest BCUT2D eigenvalue weighted by Gasteiger charge is 2.53. The number of carbonyl (C=O) groups excluding carboxylic acids is 5. The van der Waals surface area contributed by atoms with E-state index in [4.69, 9.17) is 44.8 Å². The summed E-state index contributed by atoms with van der Waals surface area (Å²) < 4.78 is 38.8. The summed E-state index contributed by atoms with van der Waals surface area (Å²) in [5.74, 6) is -2.36. The molecule has 2 aromatic rings. The minimum atomic E-state index is -1.39. The van der Waals surface area contributed by atoms with Crippen molar-refractivity contribution in [2.75, 3.05) is 18.3 Å². The van der Waals surface area contributed by atoms with E-state index < -0.39 is 66.2 Å². The maximum atomic E-state index is 13.9. The Morgan fingerprint density at radius 1 is 0.894 bits per heavy atom. The van der Waals surface area contributed by atoms with Gasteiger partial charge in [-0.15, -0.1) is 0 Å². The Balaban J connectivity index is 1.56.